The molecule has 78 valence electrons. The normalized spacial score (nSPS) is 8.79. The number of halogens is 1. The average molecular weight is 213 g/mol. The molecule has 0 bridgehead atoms. The highest BCUT2D eigenvalue weighted by molar-refractivity contribution is 6.63. The summed E-state index contributed by atoms with van der Waals surface area (Å²) < 4.78 is 0. The van der Waals surface area contributed by atoms with Crippen LogP contribution in [0.4, 0.5) is 0 Å². The maximum Gasteiger partial charge on any atom is 0.221 e. The summed E-state index contributed by atoms with van der Waals surface area (Å²) in [6.07, 6.45) is 2.88. The van der Waals surface area contributed by atoms with Crippen LogP contribution in [0.2, 0.25) is 0 Å². The fourth-order valence-corrected chi connectivity index (χ4v) is 0.933. The van der Waals surface area contributed by atoms with Crippen molar-refractivity contribution in [1.29, 1.82) is 0 Å². The minimum Gasteiger partial charge on any atom is -0.281 e. The van der Waals surface area contributed by atoms with E-state index in [0.717, 1.165) is 0 Å². The number of carbonyl (C=O) groups is 1. The zero-order valence-corrected chi connectivity index (χ0v) is 9.55. The van der Waals surface area contributed by atoms with E-state index in [2.05, 4.69) is 37.3 Å². The van der Waals surface area contributed by atoms with Crippen LogP contribution in [0.25, 0.3) is 0 Å². The van der Waals surface area contributed by atoms with Crippen molar-refractivity contribution < 1.29 is 4.79 Å². The lowest BCUT2D eigenvalue weighted by Crippen LogP contribution is -1.78. The first-order valence-electron chi connectivity index (χ1n) is 4.93. The number of hydrogen-bond donors (Lipinski definition) is 0. The maximum absolute atomic E-state index is 9.58. The van der Waals surface area contributed by atoms with Gasteiger partial charge in [0.15, 0.2) is 0 Å². The zero-order chi connectivity index (χ0) is 10.8. The number of aryl methyl sites for hydroxylation is 1. The lowest BCUT2D eigenvalue weighted by Gasteiger charge is -1.93. The highest BCUT2D eigenvalue weighted by Gasteiger charge is 1.84. The van der Waals surface area contributed by atoms with Crippen molar-refractivity contribution in [3.8, 4) is 0 Å². The Morgan fingerprint density at radius 2 is 1.71 bits per heavy atom. The molecule has 0 spiro atoms. The summed E-state index contributed by atoms with van der Waals surface area (Å²) in [5.74, 6) is 0. The lowest BCUT2D eigenvalue weighted by atomic mass is 10.1. The first-order chi connectivity index (χ1) is 6.70. The average Bonchev–Trinajstić information content (AvgIpc) is 2.21. The van der Waals surface area contributed by atoms with Crippen LogP contribution in [0, 0.1) is 0 Å². The first kappa shape index (κ1) is 13.2. The second-order valence-corrected chi connectivity index (χ2v) is 3.37. The second-order valence-electron chi connectivity index (χ2n) is 2.94. The van der Waals surface area contributed by atoms with Crippen molar-refractivity contribution in [3.05, 3.63) is 35.9 Å². The molecule has 0 aromatic heterocycles. The second kappa shape index (κ2) is 8.76. The molecule has 1 rings (SSSR count). The Morgan fingerprint density at radius 1 is 1.21 bits per heavy atom. The molecule has 0 N–H and O–H groups in total. The fourth-order valence-electron chi connectivity index (χ4n) is 0.933. The predicted molar refractivity (Wildman–Crippen MR) is 61.6 cm³/mol. The molecule has 0 atom stereocenters. The first-order valence-corrected chi connectivity index (χ1v) is 5.30. The largest absolute Gasteiger partial charge is 0.281 e. The molecule has 0 aliphatic carbocycles. The van der Waals surface area contributed by atoms with Gasteiger partial charge in [-0.25, -0.2) is 0 Å². The van der Waals surface area contributed by atoms with Gasteiger partial charge in [0.2, 0.25) is 5.24 Å². The van der Waals surface area contributed by atoms with Crippen LogP contribution in [-0.2, 0) is 11.2 Å². The third-order valence-electron chi connectivity index (χ3n) is 1.66. The Morgan fingerprint density at radius 3 is 2.07 bits per heavy atom. The van der Waals surface area contributed by atoms with Crippen LogP contribution in [0.3, 0.4) is 0 Å². The van der Waals surface area contributed by atoms with Gasteiger partial charge >= 0.3 is 0 Å². The molecule has 1 aromatic rings. The molecular weight excluding hydrogens is 196 g/mol. The van der Waals surface area contributed by atoms with Crippen LogP contribution >= 0.6 is 11.6 Å². The van der Waals surface area contributed by atoms with Crippen molar-refractivity contribution in [2.24, 2.45) is 0 Å². The van der Waals surface area contributed by atoms with Gasteiger partial charge in [-0.15, -0.1) is 0 Å². The third-order valence-corrected chi connectivity index (χ3v) is 1.93. The van der Waals surface area contributed by atoms with Crippen molar-refractivity contribution in [2.75, 3.05) is 0 Å². The minimum atomic E-state index is -0.273. The molecule has 0 amide bonds. The van der Waals surface area contributed by atoms with E-state index in [1.54, 1.807) is 6.92 Å². The summed E-state index contributed by atoms with van der Waals surface area (Å²) in [5, 5.41) is -0.273. The SMILES string of the molecule is CCC(=O)Cl.CCCc1ccccc1. The van der Waals surface area contributed by atoms with Crippen molar-refractivity contribution in [2.45, 2.75) is 33.1 Å². The highest BCUT2D eigenvalue weighted by atomic mass is 35.5. The Hall–Kier alpha value is -0.820. The summed E-state index contributed by atoms with van der Waals surface area (Å²) in [6.45, 7) is 3.92. The summed E-state index contributed by atoms with van der Waals surface area (Å²) in [5.41, 5.74) is 1.44. The van der Waals surface area contributed by atoms with Crippen molar-refractivity contribution >= 4 is 16.8 Å². The van der Waals surface area contributed by atoms with Gasteiger partial charge in [-0.3, -0.25) is 4.79 Å². The summed E-state index contributed by atoms with van der Waals surface area (Å²) in [6, 6.07) is 10.6. The van der Waals surface area contributed by atoms with E-state index in [4.69, 9.17) is 11.6 Å². The topological polar surface area (TPSA) is 17.1 Å². The van der Waals surface area contributed by atoms with E-state index in [9.17, 15) is 4.79 Å². The van der Waals surface area contributed by atoms with Gasteiger partial charge in [-0.2, -0.15) is 0 Å². The standard InChI is InChI=1S/C9H12.C3H5ClO/c1-2-6-9-7-4-3-5-8-9;1-2-3(4)5/h3-5,7-8H,2,6H2,1H3;2H2,1H3. The number of carbonyl (C=O) groups excluding carboxylic acids is 1. The summed E-state index contributed by atoms with van der Waals surface area (Å²) in [4.78, 5) is 9.58. The highest BCUT2D eigenvalue weighted by Crippen LogP contribution is 2.00. The van der Waals surface area contributed by atoms with E-state index in [1.807, 2.05) is 0 Å². The van der Waals surface area contributed by atoms with E-state index in [1.165, 1.54) is 18.4 Å². The molecule has 0 aliphatic rings. The van der Waals surface area contributed by atoms with Gasteiger partial charge in [0.05, 0.1) is 0 Å². The molecule has 0 fully saturated rings. The quantitative estimate of drug-likeness (QED) is 0.697. The summed E-state index contributed by atoms with van der Waals surface area (Å²) in [7, 11) is 0. The minimum absolute atomic E-state index is 0.273. The zero-order valence-electron chi connectivity index (χ0n) is 8.79. The van der Waals surface area contributed by atoms with Crippen LogP contribution in [-0.4, -0.2) is 5.24 Å². The van der Waals surface area contributed by atoms with Gasteiger partial charge in [-0.1, -0.05) is 50.6 Å². The molecule has 1 nitrogen and oxygen atoms in total. The Labute approximate surface area is 91.1 Å². The third kappa shape index (κ3) is 7.81. The van der Waals surface area contributed by atoms with Crippen LogP contribution < -0.4 is 0 Å². The molecule has 0 radical (unpaired) electrons. The molecule has 0 heterocycles. The molecule has 14 heavy (non-hydrogen) atoms. The number of rotatable bonds is 3. The smallest absolute Gasteiger partial charge is 0.221 e. The van der Waals surface area contributed by atoms with Gasteiger partial charge in [0.25, 0.3) is 0 Å². The molecular formula is C12H17ClO. The van der Waals surface area contributed by atoms with Gasteiger partial charge in [0, 0.05) is 6.42 Å². The molecule has 0 saturated carbocycles. The molecule has 0 aliphatic heterocycles. The van der Waals surface area contributed by atoms with E-state index < -0.39 is 0 Å². The number of benzene rings is 1. The van der Waals surface area contributed by atoms with Gasteiger partial charge in [-0.05, 0) is 23.6 Å². The van der Waals surface area contributed by atoms with Gasteiger partial charge in [0.1, 0.15) is 0 Å². The lowest BCUT2D eigenvalue weighted by molar-refractivity contribution is -0.111. The Kier molecular flexibility index (Phi) is 8.25. The number of hydrogen-bond acceptors (Lipinski definition) is 1. The Bertz CT molecular complexity index is 244. The summed E-state index contributed by atoms with van der Waals surface area (Å²) >= 11 is 4.82. The molecule has 1 aromatic carbocycles. The monoisotopic (exact) mass is 212 g/mol. The fraction of sp³-hybridized carbons (Fsp3) is 0.417. The van der Waals surface area contributed by atoms with Crippen LogP contribution in [0.1, 0.15) is 32.3 Å². The Balaban J connectivity index is 0.000000292. The van der Waals surface area contributed by atoms with E-state index in [-0.39, 0.29) is 5.24 Å². The van der Waals surface area contributed by atoms with Gasteiger partial charge < -0.3 is 0 Å². The van der Waals surface area contributed by atoms with Crippen molar-refractivity contribution in [1.82, 2.24) is 0 Å². The predicted octanol–water partition coefficient (Wildman–Crippen LogP) is 3.80. The molecule has 0 saturated heterocycles. The van der Waals surface area contributed by atoms with E-state index >= 15 is 0 Å². The molecule has 2 heteroatoms. The van der Waals surface area contributed by atoms with E-state index in [0.29, 0.717) is 6.42 Å². The molecule has 0 unspecified atom stereocenters. The van der Waals surface area contributed by atoms with Crippen LogP contribution in [0.5, 0.6) is 0 Å². The van der Waals surface area contributed by atoms with Crippen LogP contribution in [0.15, 0.2) is 30.3 Å². The maximum atomic E-state index is 9.58. The van der Waals surface area contributed by atoms with Crippen molar-refractivity contribution in [3.63, 3.8) is 0 Å².